The van der Waals surface area contributed by atoms with Crippen molar-refractivity contribution in [2.45, 2.75) is 50.3 Å². The first-order valence-corrected chi connectivity index (χ1v) is 12.7. The minimum absolute atomic E-state index is 0.00211. The highest BCUT2D eigenvalue weighted by Gasteiger charge is 2.39. The van der Waals surface area contributed by atoms with Crippen molar-refractivity contribution >= 4 is 23.2 Å². The third-order valence-electron chi connectivity index (χ3n) is 7.54. The molecule has 7 heteroatoms. The monoisotopic (exact) mass is 483 g/mol. The van der Waals surface area contributed by atoms with Crippen LogP contribution in [-0.4, -0.2) is 74.7 Å². The molecule has 0 radical (unpaired) electrons. The van der Waals surface area contributed by atoms with Crippen LogP contribution in [0.25, 0.3) is 0 Å². The number of hydrogen-bond donors (Lipinski definition) is 0. The van der Waals surface area contributed by atoms with E-state index in [-0.39, 0.29) is 12.0 Å². The lowest BCUT2D eigenvalue weighted by molar-refractivity contribution is 0.0662. The van der Waals surface area contributed by atoms with Crippen LogP contribution in [0.1, 0.15) is 41.6 Å². The summed E-state index contributed by atoms with van der Waals surface area (Å²) in [6.45, 7) is 2.09. The third-order valence-corrected chi connectivity index (χ3v) is 7.84. The maximum Gasteiger partial charge on any atom is 0.258 e. The third kappa shape index (κ3) is 4.77. The van der Waals surface area contributed by atoms with Gasteiger partial charge in [0, 0.05) is 36.4 Å². The Hall–Kier alpha value is -2.28. The zero-order chi connectivity index (χ0) is 23.8. The molecule has 3 aliphatic rings. The van der Waals surface area contributed by atoms with Crippen LogP contribution in [0, 0.1) is 0 Å². The summed E-state index contributed by atoms with van der Waals surface area (Å²) in [6.07, 6.45) is 5.60. The Bertz CT molecular complexity index is 1050. The standard InChI is InChI=1S/C27H34ClN3O3/c1-29(2)12-13-33-22-7-8-24-18(14-22)10-11-31(27(24)32)21-6-9-26(25(28)17-21)34-23-15-19-4-5-20(16-23)30(19)3/h6-9,14,17,19-20,23H,4-5,10-13,15-16H2,1-3H3/t19-,20+,23?. The van der Waals surface area contributed by atoms with E-state index in [1.807, 2.05) is 50.5 Å². The molecule has 34 heavy (non-hydrogen) atoms. The van der Waals surface area contributed by atoms with Crippen LogP contribution in [0.5, 0.6) is 11.5 Å². The summed E-state index contributed by atoms with van der Waals surface area (Å²) in [6, 6.07) is 12.7. The lowest BCUT2D eigenvalue weighted by atomic mass is 9.98. The topological polar surface area (TPSA) is 45.2 Å². The molecule has 0 saturated carbocycles. The number of carbonyl (C=O) groups excluding carboxylic acids is 1. The molecular formula is C27H34ClN3O3. The van der Waals surface area contributed by atoms with Crippen LogP contribution >= 0.6 is 11.6 Å². The molecule has 2 bridgehead atoms. The SMILES string of the molecule is CN(C)CCOc1ccc2c(c1)CCN(c1ccc(OC3C[C@H]4CC[C@@H](C3)N4C)c(Cl)c1)C2=O. The Morgan fingerprint density at radius 2 is 1.85 bits per heavy atom. The average molecular weight is 484 g/mol. The van der Waals surface area contributed by atoms with Gasteiger partial charge in [0.15, 0.2) is 0 Å². The zero-order valence-corrected chi connectivity index (χ0v) is 21.1. The summed E-state index contributed by atoms with van der Waals surface area (Å²) >= 11 is 6.63. The number of hydrogen-bond acceptors (Lipinski definition) is 5. The van der Waals surface area contributed by atoms with E-state index in [0.717, 1.165) is 48.4 Å². The highest BCUT2D eigenvalue weighted by Crippen LogP contribution is 2.38. The second-order valence-corrected chi connectivity index (χ2v) is 10.5. The van der Waals surface area contributed by atoms with Crippen LogP contribution in [0.2, 0.25) is 5.02 Å². The summed E-state index contributed by atoms with van der Waals surface area (Å²) in [5, 5.41) is 0.562. The Morgan fingerprint density at radius 3 is 2.56 bits per heavy atom. The molecule has 182 valence electrons. The van der Waals surface area contributed by atoms with E-state index in [2.05, 4.69) is 16.8 Å². The van der Waals surface area contributed by atoms with E-state index in [0.29, 0.717) is 36.0 Å². The fourth-order valence-electron chi connectivity index (χ4n) is 5.54. The molecule has 2 fully saturated rings. The second kappa shape index (κ2) is 9.76. The highest BCUT2D eigenvalue weighted by atomic mass is 35.5. The Labute approximate surface area is 207 Å². The van der Waals surface area contributed by atoms with Gasteiger partial charge in [0.2, 0.25) is 0 Å². The van der Waals surface area contributed by atoms with Crippen LogP contribution < -0.4 is 14.4 Å². The van der Waals surface area contributed by atoms with Crippen molar-refractivity contribution in [2.75, 3.05) is 45.7 Å². The molecule has 6 nitrogen and oxygen atoms in total. The van der Waals surface area contributed by atoms with Gasteiger partial charge in [0.25, 0.3) is 5.91 Å². The van der Waals surface area contributed by atoms with E-state index in [1.54, 1.807) is 4.90 Å². The van der Waals surface area contributed by atoms with Crippen molar-refractivity contribution in [1.29, 1.82) is 0 Å². The van der Waals surface area contributed by atoms with Gasteiger partial charge in [-0.3, -0.25) is 4.79 Å². The minimum Gasteiger partial charge on any atom is -0.492 e. The number of halogens is 1. The molecule has 2 saturated heterocycles. The van der Waals surface area contributed by atoms with Crippen molar-refractivity contribution in [3.05, 3.63) is 52.5 Å². The smallest absolute Gasteiger partial charge is 0.258 e. The maximum absolute atomic E-state index is 13.3. The Morgan fingerprint density at radius 1 is 1.09 bits per heavy atom. The molecule has 0 N–H and O–H groups in total. The predicted molar refractivity (Wildman–Crippen MR) is 136 cm³/mol. The van der Waals surface area contributed by atoms with Crippen LogP contribution in [0.4, 0.5) is 5.69 Å². The van der Waals surface area contributed by atoms with Gasteiger partial charge in [-0.1, -0.05) is 11.6 Å². The summed E-state index contributed by atoms with van der Waals surface area (Å²) < 4.78 is 12.2. The first-order chi connectivity index (χ1) is 16.4. The molecule has 1 unspecified atom stereocenters. The first kappa shape index (κ1) is 23.5. The number of benzene rings is 2. The van der Waals surface area contributed by atoms with Crippen LogP contribution in [0.3, 0.4) is 0 Å². The quantitative estimate of drug-likeness (QED) is 0.580. The summed E-state index contributed by atoms with van der Waals surface area (Å²) in [7, 11) is 6.27. The number of rotatable bonds is 7. The largest absolute Gasteiger partial charge is 0.492 e. The van der Waals surface area contributed by atoms with Crippen molar-refractivity contribution in [2.24, 2.45) is 0 Å². The van der Waals surface area contributed by atoms with Gasteiger partial charge in [-0.2, -0.15) is 0 Å². The number of carbonyl (C=O) groups is 1. The number of nitrogens with zero attached hydrogens (tertiary/aromatic N) is 3. The van der Waals surface area contributed by atoms with Crippen LogP contribution in [-0.2, 0) is 6.42 Å². The van der Waals surface area contributed by atoms with Gasteiger partial charge >= 0.3 is 0 Å². The number of fused-ring (bicyclic) bond motifs is 3. The van der Waals surface area contributed by atoms with Gasteiger partial charge in [0.05, 0.1) is 5.02 Å². The lowest BCUT2D eigenvalue weighted by Gasteiger charge is -2.36. The summed E-state index contributed by atoms with van der Waals surface area (Å²) in [5.74, 6) is 1.52. The van der Waals surface area contributed by atoms with Gasteiger partial charge in [-0.05, 0) is 95.2 Å². The van der Waals surface area contributed by atoms with E-state index in [4.69, 9.17) is 21.1 Å². The number of amides is 1. The molecular weight excluding hydrogens is 450 g/mol. The molecule has 5 rings (SSSR count). The van der Waals surface area contributed by atoms with Crippen molar-refractivity contribution in [3.8, 4) is 11.5 Å². The number of likely N-dealkylation sites (N-methyl/N-ethyl adjacent to an activating group) is 1. The normalized spacial score (nSPS) is 24.4. The maximum atomic E-state index is 13.3. The molecule has 1 amide bonds. The van der Waals surface area contributed by atoms with Crippen molar-refractivity contribution in [3.63, 3.8) is 0 Å². The molecule has 3 aliphatic heterocycles. The molecule has 3 heterocycles. The van der Waals surface area contributed by atoms with Gasteiger partial charge in [0.1, 0.15) is 24.2 Å². The molecule has 0 aliphatic carbocycles. The van der Waals surface area contributed by atoms with Gasteiger partial charge in [-0.15, -0.1) is 0 Å². The molecule has 0 spiro atoms. The minimum atomic E-state index is -0.00211. The average Bonchev–Trinajstić information content (AvgIpc) is 3.01. The van der Waals surface area contributed by atoms with E-state index < -0.39 is 0 Å². The number of ether oxygens (including phenoxy) is 2. The van der Waals surface area contributed by atoms with E-state index in [9.17, 15) is 4.79 Å². The number of anilines is 1. The molecule has 0 aromatic heterocycles. The van der Waals surface area contributed by atoms with Crippen molar-refractivity contribution < 1.29 is 14.3 Å². The lowest BCUT2D eigenvalue weighted by Crippen LogP contribution is -2.43. The Balaban J connectivity index is 1.25. The van der Waals surface area contributed by atoms with Crippen molar-refractivity contribution in [1.82, 2.24) is 9.80 Å². The second-order valence-electron chi connectivity index (χ2n) is 10.1. The molecule has 2 aromatic rings. The highest BCUT2D eigenvalue weighted by molar-refractivity contribution is 6.32. The van der Waals surface area contributed by atoms with Gasteiger partial charge in [-0.25, -0.2) is 0 Å². The van der Waals surface area contributed by atoms with Gasteiger partial charge < -0.3 is 24.2 Å². The van der Waals surface area contributed by atoms with Crippen LogP contribution in [0.15, 0.2) is 36.4 Å². The Kier molecular flexibility index (Phi) is 6.74. The van der Waals surface area contributed by atoms with E-state index >= 15 is 0 Å². The first-order valence-electron chi connectivity index (χ1n) is 12.3. The van der Waals surface area contributed by atoms with E-state index in [1.165, 1.54) is 12.8 Å². The molecule has 2 aromatic carbocycles. The fourth-order valence-corrected chi connectivity index (χ4v) is 5.76. The fraction of sp³-hybridized carbons (Fsp3) is 0.519. The summed E-state index contributed by atoms with van der Waals surface area (Å²) in [4.78, 5) is 19.6. The molecule has 3 atom stereocenters. The number of piperidine rings is 1. The predicted octanol–water partition coefficient (Wildman–Crippen LogP) is 4.49. The zero-order valence-electron chi connectivity index (χ0n) is 20.3. The summed E-state index contributed by atoms with van der Waals surface area (Å²) in [5.41, 5.74) is 2.57.